The first-order chi connectivity index (χ1) is 12.8. The molecule has 1 atom stereocenters. The van der Waals surface area contributed by atoms with Crippen LogP contribution in [0.5, 0.6) is 5.75 Å². The van der Waals surface area contributed by atoms with Gasteiger partial charge in [0.1, 0.15) is 5.75 Å². The largest absolute Gasteiger partial charge is 0.497 e. The molecule has 2 saturated heterocycles. The van der Waals surface area contributed by atoms with Crippen molar-refractivity contribution in [2.75, 3.05) is 33.4 Å². The summed E-state index contributed by atoms with van der Waals surface area (Å²) in [5.74, 6) is 1.40. The van der Waals surface area contributed by atoms with E-state index >= 15 is 0 Å². The molecule has 2 aliphatic rings. The van der Waals surface area contributed by atoms with Crippen molar-refractivity contribution in [1.29, 1.82) is 0 Å². The third kappa shape index (κ3) is 3.92. The SMILES string of the molecule is COc1cccc(-c2cccc(C3CCCN(C4CCOCC4)C3)n2)c1. The summed E-state index contributed by atoms with van der Waals surface area (Å²) >= 11 is 0. The predicted molar refractivity (Wildman–Crippen MR) is 104 cm³/mol. The number of likely N-dealkylation sites (tertiary alicyclic amines) is 1. The van der Waals surface area contributed by atoms with Gasteiger partial charge in [0, 0.05) is 43.0 Å². The molecule has 1 aromatic carbocycles. The molecule has 4 heteroatoms. The van der Waals surface area contributed by atoms with E-state index in [1.54, 1.807) is 7.11 Å². The second-order valence-corrected chi connectivity index (χ2v) is 7.36. The smallest absolute Gasteiger partial charge is 0.119 e. The molecular formula is C22H28N2O2. The molecule has 0 bridgehead atoms. The normalized spacial score (nSPS) is 22.3. The quantitative estimate of drug-likeness (QED) is 0.829. The molecule has 4 nitrogen and oxygen atoms in total. The number of nitrogens with zero attached hydrogens (tertiary/aromatic N) is 2. The van der Waals surface area contributed by atoms with Gasteiger partial charge in [-0.25, -0.2) is 0 Å². The van der Waals surface area contributed by atoms with Crippen molar-refractivity contribution >= 4 is 0 Å². The summed E-state index contributed by atoms with van der Waals surface area (Å²) < 4.78 is 10.9. The first-order valence-electron chi connectivity index (χ1n) is 9.76. The van der Waals surface area contributed by atoms with E-state index in [0.29, 0.717) is 12.0 Å². The number of hydrogen-bond donors (Lipinski definition) is 0. The van der Waals surface area contributed by atoms with E-state index in [4.69, 9.17) is 14.5 Å². The maximum Gasteiger partial charge on any atom is 0.119 e. The second-order valence-electron chi connectivity index (χ2n) is 7.36. The van der Waals surface area contributed by atoms with Gasteiger partial charge in [0.2, 0.25) is 0 Å². The van der Waals surface area contributed by atoms with Crippen molar-refractivity contribution in [2.24, 2.45) is 0 Å². The number of rotatable bonds is 4. The van der Waals surface area contributed by atoms with Crippen LogP contribution < -0.4 is 4.74 Å². The Hall–Kier alpha value is -1.91. The van der Waals surface area contributed by atoms with Crippen LogP contribution in [0, 0.1) is 0 Å². The summed E-state index contributed by atoms with van der Waals surface area (Å²) in [7, 11) is 1.70. The molecule has 1 aromatic heterocycles. The summed E-state index contributed by atoms with van der Waals surface area (Å²) in [6, 6.07) is 15.3. The number of benzene rings is 1. The molecule has 2 fully saturated rings. The van der Waals surface area contributed by atoms with Crippen molar-refractivity contribution in [3.63, 3.8) is 0 Å². The minimum atomic E-state index is 0.525. The molecular weight excluding hydrogens is 324 g/mol. The van der Waals surface area contributed by atoms with E-state index in [2.05, 4.69) is 35.2 Å². The molecule has 0 radical (unpaired) electrons. The van der Waals surface area contributed by atoms with Crippen molar-refractivity contribution in [2.45, 2.75) is 37.6 Å². The first-order valence-corrected chi connectivity index (χ1v) is 9.76. The Labute approximate surface area is 156 Å². The predicted octanol–water partition coefficient (Wildman–Crippen LogP) is 4.12. The fraction of sp³-hybridized carbons (Fsp3) is 0.500. The summed E-state index contributed by atoms with van der Waals surface area (Å²) in [6.07, 6.45) is 4.83. The molecule has 0 N–H and O–H groups in total. The Morgan fingerprint density at radius 3 is 2.77 bits per heavy atom. The van der Waals surface area contributed by atoms with Crippen LogP contribution in [0.25, 0.3) is 11.3 Å². The highest BCUT2D eigenvalue weighted by Gasteiger charge is 2.28. The standard InChI is InChI=1S/C22H28N2O2/c1-25-20-7-2-5-17(15-20)21-8-3-9-22(23-21)18-6-4-12-24(16-18)19-10-13-26-14-11-19/h2-3,5,7-9,15,18-19H,4,6,10-14,16H2,1H3. The van der Waals surface area contributed by atoms with E-state index < -0.39 is 0 Å². The van der Waals surface area contributed by atoms with Crippen LogP contribution in [0.3, 0.4) is 0 Å². The lowest BCUT2D eigenvalue weighted by molar-refractivity contribution is 0.0238. The maximum atomic E-state index is 5.54. The van der Waals surface area contributed by atoms with Gasteiger partial charge < -0.3 is 9.47 Å². The van der Waals surface area contributed by atoms with Crippen LogP contribution in [0.2, 0.25) is 0 Å². The van der Waals surface area contributed by atoms with E-state index in [1.165, 1.54) is 37.9 Å². The van der Waals surface area contributed by atoms with Crippen LogP contribution in [0.1, 0.15) is 37.3 Å². The molecule has 2 aliphatic heterocycles. The number of methoxy groups -OCH3 is 1. The van der Waals surface area contributed by atoms with Crippen LogP contribution in [-0.2, 0) is 4.74 Å². The summed E-state index contributed by atoms with van der Waals surface area (Å²) in [4.78, 5) is 7.69. The molecule has 0 aliphatic carbocycles. The number of ether oxygens (including phenoxy) is 2. The lowest BCUT2D eigenvalue weighted by Gasteiger charge is -2.39. The van der Waals surface area contributed by atoms with Gasteiger partial charge in [-0.3, -0.25) is 9.88 Å². The van der Waals surface area contributed by atoms with Gasteiger partial charge >= 0.3 is 0 Å². The fourth-order valence-corrected chi connectivity index (χ4v) is 4.25. The highest BCUT2D eigenvalue weighted by molar-refractivity contribution is 5.61. The van der Waals surface area contributed by atoms with Crippen LogP contribution >= 0.6 is 0 Å². The Morgan fingerprint density at radius 1 is 1.08 bits per heavy atom. The molecule has 1 unspecified atom stereocenters. The minimum absolute atomic E-state index is 0.525. The van der Waals surface area contributed by atoms with Gasteiger partial charge in [-0.2, -0.15) is 0 Å². The first kappa shape index (κ1) is 17.5. The highest BCUT2D eigenvalue weighted by atomic mass is 16.5. The van der Waals surface area contributed by atoms with Crippen LogP contribution in [-0.4, -0.2) is 49.3 Å². The number of pyridine rings is 1. The Morgan fingerprint density at radius 2 is 1.92 bits per heavy atom. The molecule has 26 heavy (non-hydrogen) atoms. The highest BCUT2D eigenvalue weighted by Crippen LogP contribution is 2.30. The summed E-state index contributed by atoms with van der Waals surface area (Å²) in [5.41, 5.74) is 3.37. The van der Waals surface area contributed by atoms with Gasteiger partial charge in [-0.05, 0) is 56.5 Å². The third-order valence-electron chi connectivity index (χ3n) is 5.71. The number of piperidine rings is 1. The zero-order valence-electron chi connectivity index (χ0n) is 15.6. The van der Waals surface area contributed by atoms with E-state index in [9.17, 15) is 0 Å². The summed E-state index contributed by atoms with van der Waals surface area (Å²) in [6.45, 7) is 4.17. The monoisotopic (exact) mass is 352 g/mol. The molecule has 4 rings (SSSR count). The van der Waals surface area contributed by atoms with Gasteiger partial charge in [0.25, 0.3) is 0 Å². The van der Waals surface area contributed by atoms with Gasteiger partial charge in [-0.1, -0.05) is 18.2 Å². The van der Waals surface area contributed by atoms with Crippen molar-refractivity contribution in [3.05, 3.63) is 48.2 Å². The van der Waals surface area contributed by atoms with Crippen molar-refractivity contribution in [3.8, 4) is 17.0 Å². The topological polar surface area (TPSA) is 34.6 Å². The van der Waals surface area contributed by atoms with E-state index in [1.807, 2.05) is 12.1 Å². The Bertz CT molecular complexity index is 728. The van der Waals surface area contributed by atoms with E-state index in [0.717, 1.165) is 36.8 Å². The molecule has 2 aromatic rings. The van der Waals surface area contributed by atoms with Gasteiger partial charge in [-0.15, -0.1) is 0 Å². The Kier molecular flexibility index (Phi) is 5.51. The van der Waals surface area contributed by atoms with Crippen molar-refractivity contribution in [1.82, 2.24) is 9.88 Å². The molecule has 138 valence electrons. The molecule has 0 amide bonds. The lowest BCUT2D eigenvalue weighted by Crippen LogP contribution is -2.44. The molecule has 3 heterocycles. The van der Waals surface area contributed by atoms with E-state index in [-0.39, 0.29) is 0 Å². The maximum absolute atomic E-state index is 5.54. The zero-order valence-corrected chi connectivity index (χ0v) is 15.6. The van der Waals surface area contributed by atoms with Gasteiger partial charge in [0.05, 0.1) is 12.8 Å². The Balaban J connectivity index is 1.52. The minimum Gasteiger partial charge on any atom is -0.497 e. The molecule has 0 saturated carbocycles. The lowest BCUT2D eigenvalue weighted by atomic mass is 9.91. The average molecular weight is 352 g/mol. The molecule has 0 spiro atoms. The zero-order chi connectivity index (χ0) is 17.8. The summed E-state index contributed by atoms with van der Waals surface area (Å²) in [5, 5.41) is 0. The van der Waals surface area contributed by atoms with Crippen LogP contribution in [0.4, 0.5) is 0 Å². The number of aromatic nitrogens is 1. The van der Waals surface area contributed by atoms with Crippen LogP contribution in [0.15, 0.2) is 42.5 Å². The van der Waals surface area contributed by atoms with Gasteiger partial charge in [0.15, 0.2) is 0 Å². The second kappa shape index (κ2) is 8.19. The number of hydrogen-bond acceptors (Lipinski definition) is 4. The van der Waals surface area contributed by atoms with Crippen molar-refractivity contribution < 1.29 is 9.47 Å². The third-order valence-corrected chi connectivity index (χ3v) is 5.71. The fourth-order valence-electron chi connectivity index (χ4n) is 4.25. The average Bonchev–Trinajstić information content (AvgIpc) is 2.74.